The van der Waals surface area contributed by atoms with Crippen LogP contribution in [0.4, 0.5) is 0 Å². The molecule has 3 aromatic rings. The van der Waals surface area contributed by atoms with E-state index >= 15 is 0 Å². The zero-order valence-electron chi connectivity index (χ0n) is 20.7. The standard InChI is InChI=1S/C17H14O4/c1-9-6-7-13-15(20)12-5-3-4-11(8-14(18)19)17(12)21-16(13)10(9)2/h3-7H,8H2,1-2H3,(H,18,19)/i1D3,3D,4D,5D,6D,7D,8D2. The maximum absolute atomic E-state index is 13.2. The molecule has 1 heterocycles. The topological polar surface area (TPSA) is 67.5 Å². The molecule has 3 rings (SSSR count). The van der Waals surface area contributed by atoms with Gasteiger partial charge in [-0.15, -0.1) is 0 Å². The first-order valence-electron chi connectivity index (χ1n) is 10.8. The van der Waals surface area contributed by atoms with Crippen molar-refractivity contribution in [2.24, 2.45) is 0 Å². The smallest absolute Gasteiger partial charge is 0.307 e. The Morgan fingerprint density at radius 3 is 2.81 bits per heavy atom. The summed E-state index contributed by atoms with van der Waals surface area (Å²) < 4.78 is 84.1. The van der Waals surface area contributed by atoms with Crippen LogP contribution in [0.25, 0.3) is 21.9 Å². The van der Waals surface area contributed by atoms with Gasteiger partial charge in [-0.1, -0.05) is 18.1 Å². The zero-order valence-corrected chi connectivity index (χ0v) is 10.7. The minimum atomic E-state index is -3.29. The molecule has 4 heteroatoms. The number of hydrogen-bond acceptors (Lipinski definition) is 3. The first-order chi connectivity index (χ1) is 14.0. The van der Waals surface area contributed by atoms with Gasteiger partial charge in [-0.2, -0.15) is 0 Å². The van der Waals surface area contributed by atoms with E-state index < -0.39 is 87.9 Å². The summed E-state index contributed by atoms with van der Waals surface area (Å²) in [4.78, 5) is 24.7. The molecule has 0 fully saturated rings. The number of carboxylic acid groups (broad SMARTS) is 1. The fourth-order valence-corrected chi connectivity index (χ4v) is 1.94. The highest BCUT2D eigenvalue weighted by Gasteiger charge is 2.14. The van der Waals surface area contributed by atoms with Crippen LogP contribution < -0.4 is 5.43 Å². The number of fused-ring (bicyclic) bond motifs is 2. The van der Waals surface area contributed by atoms with Gasteiger partial charge in [0.2, 0.25) is 5.43 Å². The number of carboxylic acids is 1. The Balaban J connectivity index is 2.76. The van der Waals surface area contributed by atoms with Gasteiger partial charge < -0.3 is 9.52 Å². The molecule has 1 aromatic heterocycles. The Labute approximate surface area is 134 Å². The lowest BCUT2D eigenvalue weighted by atomic mass is 10.0. The molecule has 0 spiro atoms. The quantitative estimate of drug-likeness (QED) is 0.737. The first-order valence-corrected chi connectivity index (χ1v) is 5.79. The monoisotopic (exact) mass is 292 g/mol. The molecular formula is C17H14O4. The Bertz CT molecular complexity index is 1350. The van der Waals surface area contributed by atoms with E-state index in [-0.39, 0.29) is 5.56 Å². The van der Waals surface area contributed by atoms with Gasteiger partial charge in [-0.3, -0.25) is 9.59 Å². The Kier molecular flexibility index (Phi) is 1.36. The van der Waals surface area contributed by atoms with E-state index in [1.807, 2.05) is 0 Å². The van der Waals surface area contributed by atoms with Crippen LogP contribution in [0.3, 0.4) is 0 Å². The van der Waals surface area contributed by atoms with E-state index in [9.17, 15) is 14.7 Å². The second-order valence-corrected chi connectivity index (χ2v) is 4.27. The first kappa shape index (κ1) is 6.02. The maximum Gasteiger partial charge on any atom is 0.307 e. The van der Waals surface area contributed by atoms with Gasteiger partial charge in [0.1, 0.15) is 11.2 Å². The molecule has 0 amide bonds. The highest BCUT2D eigenvalue weighted by molar-refractivity contribution is 5.93. The van der Waals surface area contributed by atoms with Gasteiger partial charge in [0.05, 0.1) is 24.0 Å². The molecule has 2 aromatic carbocycles. The van der Waals surface area contributed by atoms with Crippen molar-refractivity contribution in [1.29, 1.82) is 0 Å². The van der Waals surface area contributed by atoms with Crippen LogP contribution in [0, 0.1) is 13.8 Å². The molecule has 0 atom stereocenters. The molecule has 0 saturated carbocycles. The third-order valence-electron chi connectivity index (χ3n) is 2.97. The highest BCUT2D eigenvalue weighted by Crippen LogP contribution is 2.25. The van der Waals surface area contributed by atoms with Gasteiger partial charge in [0.25, 0.3) is 0 Å². The number of carbonyl (C=O) groups is 1. The van der Waals surface area contributed by atoms with Crippen LogP contribution in [0.5, 0.6) is 0 Å². The molecule has 1 N–H and O–H groups in total. The molecule has 0 aliphatic heterocycles. The van der Waals surface area contributed by atoms with Crippen molar-refractivity contribution in [1.82, 2.24) is 0 Å². The van der Waals surface area contributed by atoms with Crippen LogP contribution >= 0.6 is 0 Å². The summed E-state index contributed by atoms with van der Waals surface area (Å²) in [6.45, 7) is -1.65. The molecule has 0 aliphatic carbocycles. The van der Waals surface area contributed by atoms with Gasteiger partial charge in [0, 0.05) is 12.4 Å². The van der Waals surface area contributed by atoms with Crippen LogP contribution in [-0.4, -0.2) is 11.1 Å². The number of benzene rings is 2. The second-order valence-electron chi connectivity index (χ2n) is 4.27. The van der Waals surface area contributed by atoms with Crippen LogP contribution in [0.1, 0.15) is 30.4 Å². The second kappa shape index (κ2) is 4.74. The van der Waals surface area contributed by atoms with Crippen molar-refractivity contribution in [2.75, 3.05) is 0 Å². The average Bonchev–Trinajstić information content (AvgIpc) is 2.62. The lowest BCUT2D eigenvalue weighted by Crippen LogP contribution is -2.06. The van der Waals surface area contributed by atoms with E-state index in [0.717, 1.165) is 0 Å². The lowest BCUT2D eigenvalue weighted by molar-refractivity contribution is -0.136. The number of para-hydroxylation sites is 1. The normalized spacial score (nSPS) is 19.3. The number of hydrogen-bond donors (Lipinski definition) is 1. The van der Waals surface area contributed by atoms with Crippen LogP contribution in [0.2, 0.25) is 0 Å². The van der Waals surface area contributed by atoms with E-state index in [1.165, 1.54) is 6.92 Å². The van der Waals surface area contributed by atoms with Crippen molar-refractivity contribution in [3.63, 3.8) is 0 Å². The number of rotatable bonds is 2. The van der Waals surface area contributed by atoms with Gasteiger partial charge >= 0.3 is 5.97 Å². The van der Waals surface area contributed by atoms with Crippen molar-refractivity contribution >= 4 is 27.9 Å². The summed E-state index contributed by atoms with van der Waals surface area (Å²) in [5, 5.41) is 8.00. The van der Waals surface area contributed by atoms with Gasteiger partial charge in [-0.05, 0) is 37.0 Å². The summed E-state index contributed by atoms with van der Waals surface area (Å²) in [6.07, 6.45) is -3.29. The summed E-state index contributed by atoms with van der Waals surface area (Å²) in [6, 6.07) is -4.31. The molecule has 106 valence electrons. The Hall–Kier alpha value is -2.62. The molecule has 4 nitrogen and oxygen atoms in total. The van der Waals surface area contributed by atoms with Crippen molar-refractivity contribution in [3.05, 3.63) is 57.1 Å². The van der Waals surface area contributed by atoms with Crippen LogP contribution in [0.15, 0.2) is 39.4 Å². The predicted octanol–water partition coefficient (Wildman–Crippen LogP) is 3.19. The highest BCUT2D eigenvalue weighted by atomic mass is 16.4. The van der Waals surface area contributed by atoms with Crippen LogP contribution in [-0.2, 0) is 11.2 Å². The summed E-state index contributed by atoms with van der Waals surface area (Å²) in [5.41, 5.74) is -4.20. The fourth-order valence-electron chi connectivity index (χ4n) is 1.94. The van der Waals surface area contributed by atoms with E-state index in [1.54, 1.807) is 0 Å². The minimum absolute atomic E-state index is 0.218. The maximum atomic E-state index is 13.2. The van der Waals surface area contributed by atoms with E-state index in [0.29, 0.717) is 0 Å². The van der Waals surface area contributed by atoms with Crippen molar-refractivity contribution in [2.45, 2.75) is 20.1 Å². The third-order valence-corrected chi connectivity index (χ3v) is 2.97. The SMILES string of the molecule is [2H]c1c([2H])c([2H])c2c(=O)c3c([2H])c([2H])c(C([2H])([2H])[2H])c(C)c3oc2c1C([2H])([2H])C(=O)O. The lowest BCUT2D eigenvalue weighted by Gasteiger charge is -2.08. The summed E-state index contributed by atoms with van der Waals surface area (Å²) in [5.74, 6) is -2.04. The largest absolute Gasteiger partial charge is 0.481 e. The summed E-state index contributed by atoms with van der Waals surface area (Å²) >= 11 is 0. The van der Waals surface area contributed by atoms with E-state index in [4.69, 9.17) is 18.1 Å². The number of aliphatic carboxylic acids is 1. The fraction of sp³-hybridized carbons (Fsp3) is 0.176. The molecule has 0 radical (unpaired) electrons. The molecule has 0 bridgehead atoms. The molecule has 0 unspecified atom stereocenters. The Morgan fingerprint density at radius 2 is 2.10 bits per heavy atom. The average molecular weight is 292 g/mol. The molecule has 0 saturated heterocycles. The van der Waals surface area contributed by atoms with Crippen molar-refractivity contribution < 1.29 is 28.0 Å². The minimum Gasteiger partial charge on any atom is -0.481 e. The van der Waals surface area contributed by atoms with Gasteiger partial charge in [0.15, 0.2) is 0 Å². The predicted molar refractivity (Wildman–Crippen MR) is 80.8 cm³/mol. The zero-order chi connectivity index (χ0) is 23.8. The summed E-state index contributed by atoms with van der Waals surface area (Å²) in [7, 11) is 0. The molecule has 21 heavy (non-hydrogen) atoms. The number of aryl methyl sites for hydroxylation is 1. The Morgan fingerprint density at radius 1 is 1.33 bits per heavy atom. The van der Waals surface area contributed by atoms with Gasteiger partial charge in [-0.25, -0.2) is 0 Å². The van der Waals surface area contributed by atoms with E-state index in [2.05, 4.69) is 0 Å². The molecular weight excluding hydrogens is 268 g/mol. The van der Waals surface area contributed by atoms with Crippen molar-refractivity contribution in [3.8, 4) is 0 Å². The third kappa shape index (κ3) is 2.09. The molecule has 0 aliphatic rings.